The fourth-order valence-corrected chi connectivity index (χ4v) is 5.06. The molecule has 0 spiro atoms. The molecule has 0 radical (unpaired) electrons. The first-order valence-corrected chi connectivity index (χ1v) is 18.0. The van der Waals surface area contributed by atoms with Gasteiger partial charge in [-0.2, -0.15) is 0 Å². The van der Waals surface area contributed by atoms with Gasteiger partial charge in [0.1, 0.15) is 0 Å². The zero-order chi connectivity index (χ0) is 31.4. The van der Waals surface area contributed by atoms with Gasteiger partial charge < -0.3 is 9.55 Å². The number of nitrogens with one attached hydrogen (secondary N) is 1. The maximum atomic E-state index is 6.03. The van der Waals surface area contributed by atoms with Crippen LogP contribution >= 0.6 is 66.1 Å². The van der Waals surface area contributed by atoms with Crippen LogP contribution in [-0.2, 0) is 12.8 Å². The van der Waals surface area contributed by atoms with E-state index in [4.69, 9.17) is 23.2 Å². The molecular weight excluding hydrogens is 853 g/mol. The van der Waals surface area contributed by atoms with Gasteiger partial charge in [-0.25, -0.2) is 9.97 Å². The van der Waals surface area contributed by atoms with E-state index in [0.717, 1.165) is 32.6 Å². The molecule has 9 heteroatoms. The van der Waals surface area contributed by atoms with Crippen LogP contribution in [0, 0.1) is 31.3 Å². The molecule has 0 amide bonds. The third kappa shape index (κ3) is 10.5. The number of hydrogen-bond acceptors (Lipinski definition) is 2. The molecule has 0 saturated heterocycles. The molecule has 0 aliphatic carbocycles. The molecule has 4 nitrogen and oxygen atoms in total. The summed E-state index contributed by atoms with van der Waals surface area (Å²) in [5, 5.41) is 1.46. The second-order valence-corrected chi connectivity index (χ2v) is 11.5. The van der Waals surface area contributed by atoms with Crippen LogP contribution in [0.2, 0.25) is 10.0 Å². The summed E-state index contributed by atoms with van der Waals surface area (Å²) in [4.78, 5) is 11.4. The number of rotatable bonds is 3. The first-order chi connectivity index (χ1) is 20.7. The average molecular weight is 884 g/mol. The molecule has 0 saturated carbocycles. The van der Waals surface area contributed by atoms with Gasteiger partial charge in [-0.3, -0.25) is 0 Å². The van der Waals surface area contributed by atoms with Crippen molar-refractivity contribution in [2.75, 3.05) is 0 Å². The van der Waals surface area contributed by atoms with Gasteiger partial charge in [0.05, 0.1) is 35.9 Å². The number of H-pyrrole nitrogens is 1. The van der Waals surface area contributed by atoms with Gasteiger partial charge >= 0.3 is 33.1 Å². The minimum absolute atomic E-state index is 0.726. The van der Waals surface area contributed by atoms with Gasteiger partial charge in [-0.15, -0.1) is 0 Å². The number of hydrogen-bond donors (Lipinski definition) is 1. The quantitative estimate of drug-likeness (QED) is 0.142. The number of benzene rings is 4. The molecule has 1 N–H and O–H groups in total. The Kier molecular flexibility index (Phi) is 14.8. The first kappa shape index (κ1) is 35.3. The molecular formula is C34H31Cl2CuI2N4. The standard InChI is InChI=1S/C17H15ClN2.C9H7ClN2.C8H9I.Cu.HI/c1-12-5-3-6-13(2)17(12)20-10-16(19-11-20)14-7-4-8-15(18)9-14;10-8-3-1-2-7(4-8)9-5-11-6-12-9;1-6-4-3-5-7(2)8(6)9;;/h3-11H,1-2H3;1-6H,(H,11,12);3-5H,1-2H3;;1H/q;;;+1;/p-1. The van der Waals surface area contributed by atoms with Crippen molar-refractivity contribution in [2.24, 2.45) is 0 Å². The second kappa shape index (κ2) is 18.0. The van der Waals surface area contributed by atoms with Crippen molar-refractivity contribution in [3.05, 3.63) is 146 Å². The summed E-state index contributed by atoms with van der Waals surface area (Å²) >= 11 is 20.1. The number of aryl methyl sites for hydroxylation is 4. The van der Waals surface area contributed by atoms with Crippen LogP contribution in [0.15, 0.2) is 110 Å². The van der Waals surface area contributed by atoms with E-state index in [0.29, 0.717) is 0 Å². The summed E-state index contributed by atoms with van der Waals surface area (Å²) in [7, 11) is 0. The van der Waals surface area contributed by atoms with E-state index in [9.17, 15) is 0 Å². The summed E-state index contributed by atoms with van der Waals surface area (Å²) in [6.45, 7) is 8.49. The van der Waals surface area contributed by atoms with Crippen LogP contribution in [0.1, 0.15) is 22.3 Å². The fraction of sp³-hybridized carbons (Fsp3) is 0.118. The molecule has 0 fully saturated rings. The molecule has 0 unspecified atom stereocenters. The van der Waals surface area contributed by atoms with E-state index in [-0.39, 0.29) is 0 Å². The Bertz CT molecular complexity index is 1700. The predicted octanol–water partition coefficient (Wildman–Crippen LogP) is 11.3. The molecule has 0 aliphatic heterocycles. The van der Waals surface area contributed by atoms with Crippen molar-refractivity contribution in [1.82, 2.24) is 19.5 Å². The second-order valence-electron chi connectivity index (χ2n) is 9.60. The van der Waals surface area contributed by atoms with Gasteiger partial charge in [0.15, 0.2) is 0 Å². The zero-order valence-electron chi connectivity index (χ0n) is 24.0. The van der Waals surface area contributed by atoms with E-state index in [1.54, 1.807) is 32.9 Å². The normalized spacial score (nSPS) is 10.0. The molecule has 0 bridgehead atoms. The van der Waals surface area contributed by atoms with E-state index in [1.165, 1.54) is 31.5 Å². The van der Waals surface area contributed by atoms with E-state index < -0.39 is 0 Å². The number of aromatic amines is 1. The molecule has 2 heterocycles. The van der Waals surface area contributed by atoms with Crippen molar-refractivity contribution in [2.45, 2.75) is 27.7 Å². The third-order valence-corrected chi connectivity index (χ3v) is 8.59. The van der Waals surface area contributed by atoms with Gasteiger partial charge in [0, 0.05) is 30.9 Å². The molecule has 43 heavy (non-hydrogen) atoms. The van der Waals surface area contributed by atoms with Gasteiger partial charge in [-0.1, -0.05) is 83.9 Å². The summed E-state index contributed by atoms with van der Waals surface area (Å²) < 4.78 is 3.45. The van der Waals surface area contributed by atoms with E-state index in [1.807, 2.05) is 61.1 Å². The maximum absolute atomic E-state index is 6.03. The molecule has 4 aromatic carbocycles. The summed E-state index contributed by atoms with van der Waals surface area (Å²) in [5.41, 5.74) is 10.4. The summed E-state index contributed by atoms with van der Waals surface area (Å²) in [6.07, 6.45) is 7.31. The van der Waals surface area contributed by atoms with Crippen LogP contribution in [0.4, 0.5) is 0 Å². The Morgan fingerprint density at radius 1 is 0.721 bits per heavy atom. The van der Waals surface area contributed by atoms with E-state index in [2.05, 4.69) is 119 Å². The van der Waals surface area contributed by atoms with Crippen molar-refractivity contribution < 1.29 is 12.8 Å². The Labute approximate surface area is 297 Å². The van der Waals surface area contributed by atoms with E-state index >= 15 is 0 Å². The van der Waals surface area contributed by atoms with Gasteiger partial charge in [0.25, 0.3) is 0 Å². The van der Waals surface area contributed by atoms with Crippen molar-refractivity contribution >= 4 is 66.1 Å². The molecule has 2 aromatic heterocycles. The average Bonchev–Trinajstić information content (AvgIpc) is 3.71. The number of halogens is 4. The molecule has 6 aromatic rings. The van der Waals surface area contributed by atoms with Gasteiger partial charge in [-0.05, 0) is 96.8 Å². The zero-order valence-corrected chi connectivity index (χ0v) is 30.8. The van der Waals surface area contributed by atoms with Crippen LogP contribution in [0.3, 0.4) is 0 Å². The number of para-hydroxylation sites is 1. The number of aromatic nitrogens is 4. The Hall–Kier alpha value is -2.14. The Morgan fingerprint density at radius 3 is 1.74 bits per heavy atom. The summed E-state index contributed by atoms with van der Waals surface area (Å²) in [5.74, 6) is 0. The number of imidazole rings is 2. The van der Waals surface area contributed by atoms with Gasteiger partial charge in [0.2, 0.25) is 0 Å². The molecule has 6 rings (SSSR count). The third-order valence-electron chi connectivity index (χ3n) is 6.42. The van der Waals surface area contributed by atoms with Crippen LogP contribution in [-0.4, -0.2) is 19.5 Å². The Balaban J connectivity index is 0.000000187. The monoisotopic (exact) mass is 882 g/mol. The SMILES string of the molecule is Cc1cccc(C)c1-n1cnc(-c2cccc(Cl)c2)c1.Cc1cccc(C)c1I.Clc1cccc(-c2cnc[nH]2)c1.[Cu][I]. The predicted molar refractivity (Wildman–Crippen MR) is 195 cm³/mol. The first-order valence-electron chi connectivity index (χ1n) is 13.2. The summed E-state index contributed by atoms with van der Waals surface area (Å²) in [6, 6.07) is 28.1. The van der Waals surface area contributed by atoms with Crippen LogP contribution in [0.25, 0.3) is 28.2 Å². The van der Waals surface area contributed by atoms with Crippen molar-refractivity contribution in [3.8, 4) is 28.2 Å². The molecule has 0 atom stereocenters. The van der Waals surface area contributed by atoms with Crippen molar-refractivity contribution in [3.63, 3.8) is 0 Å². The topological polar surface area (TPSA) is 46.5 Å². The fourth-order valence-electron chi connectivity index (χ4n) is 4.32. The molecule has 0 aliphatic rings. The van der Waals surface area contributed by atoms with Crippen LogP contribution in [0.5, 0.6) is 0 Å². The Morgan fingerprint density at radius 2 is 1.23 bits per heavy atom. The minimum atomic E-state index is 0.726. The number of nitrogens with zero attached hydrogens (tertiary/aromatic N) is 3. The van der Waals surface area contributed by atoms with Crippen molar-refractivity contribution in [1.29, 1.82) is 0 Å². The van der Waals surface area contributed by atoms with Crippen LogP contribution < -0.4 is 0 Å². The molecule has 226 valence electrons.